The molecule has 0 aliphatic carbocycles. The molecule has 1 amide bonds. The summed E-state index contributed by atoms with van der Waals surface area (Å²) in [4.78, 5) is 18.6. The molecule has 0 spiro atoms. The molecule has 2 heterocycles. The summed E-state index contributed by atoms with van der Waals surface area (Å²) in [5, 5.41) is 2.01. The third-order valence-corrected chi connectivity index (χ3v) is 4.91. The van der Waals surface area contributed by atoms with Crippen LogP contribution < -0.4 is 9.64 Å². The van der Waals surface area contributed by atoms with Crippen LogP contribution in [0, 0.1) is 0 Å². The van der Waals surface area contributed by atoms with Gasteiger partial charge < -0.3 is 9.64 Å². The number of aryl methyl sites for hydroxylation is 1. The second-order valence-electron chi connectivity index (χ2n) is 5.98. The number of hydrogen-bond donors (Lipinski definition) is 0. The minimum atomic E-state index is 0.0102. The van der Waals surface area contributed by atoms with E-state index in [2.05, 4.69) is 17.1 Å². The summed E-state index contributed by atoms with van der Waals surface area (Å²) in [6, 6.07) is 16.3. The number of aromatic nitrogens is 1. The first-order valence-corrected chi connectivity index (χ1v) is 9.25. The summed E-state index contributed by atoms with van der Waals surface area (Å²) in [6.45, 7) is 0.791. The SMILES string of the molecule is O=C1COc2ccc(-c3cscn3)cc2N1CCCc1ccccc1. The highest BCUT2D eigenvalue weighted by atomic mass is 32.1. The van der Waals surface area contributed by atoms with Gasteiger partial charge in [0.15, 0.2) is 6.61 Å². The lowest BCUT2D eigenvalue weighted by Gasteiger charge is -2.29. The van der Waals surface area contributed by atoms with Gasteiger partial charge in [0, 0.05) is 17.5 Å². The molecule has 3 aromatic rings. The van der Waals surface area contributed by atoms with Crippen LogP contribution in [0.1, 0.15) is 12.0 Å². The van der Waals surface area contributed by atoms with Gasteiger partial charge in [-0.05, 0) is 36.6 Å². The largest absolute Gasteiger partial charge is 0.482 e. The predicted molar refractivity (Wildman–Crippen MR) is 100 cm³/mol. The number of ether oxygens (including phenoxy) is 1. The molecule has 1 aliphatic heterocycles. The number of rotatable bonds is 5. The molecule has 25 heavy (non-hydrogen) atoms. The Kier molecular flexibility index (Phi) is 4.48. The van der Waals surface area contributed by atoms with Gasteiger partial charge in [0.2, 0.25) is 0 Å². The molecule has 0 radical (unpaired) electrons. The second kappa shape index (κ2) is 7.07. The van der Waals surface area contributed by atoms with Crippen molar-refractivity contribution in [3.8, 4) is 17.0 Å². The fourth-order valence-corrected chi connectivity index (χ4v) is 3.61. The molecule has 1 aliphatic rings. The molecule has 0 saturated heterocycles. The summed E-state index contributed by atoms with van der Waals surface area (Å²) in [6.07, 6.45) is 1.86. The number of anilines is 1. The van der Waals surface area contributed by atoms with E-state index in [0.29, 0.717) is 6.54 Å². The Morgan fingerprint density at radius 1 is 1.16 bits per heavy atom. The number of carbonyl (C=O) groups is 1. The predicted octanol–water partition coefficient (Wildman–Crippen LogP) is 4.17. The third-order valence-electron chi connectivity index (χ3n) is 4.32. The van der Waals surface area contributed by atoms with Gasteiger partial charge in [-0.25, -0.2) is 4.98 Å². The second-order valence-corrected chi connectivity index (χ2v) is 6.70. The van der Waals surface area contributed by atoms with Crippen LogP contribution in [-0.2, 0) is 11.2 Å². The van der Waals surface area contributed by atoms with Gasteiger partial charge in [0.25, 0.3) is 5.91 Å². The number of benzene rings is 2. The van der Waals surface area contributed by atoms with Crippen molar-refractivity contribution >= 4 is 22.9 Å². The quantitative estimate of drug-likeness (QED) is 0.694. The van der Waals surface area contributed by atoms with E-state index in [1.165, 1.54) is 5.56 Å². The van der Waals surface area contributed by atoms with Crippen molar-refractivity contribution in [2.75, 3.05) is 18.1 Å². The van der Waals surface area contributed by atoms with Crippen LogP contribution >= 0.6 is 11.3 Å². The summed E-state index contributed by atoms with van der Waals surface area (Å²) in [5.74, 6) is 0.772. The van der Waals surface area contributed by atoms with Crippen molar-refractivity contribution in [1.82, 2.24) is 4.98 Å². The van der Waals surface area contributed by atoms with Crippen molar-refractivity contribution in [2.24, 2.45) is 0 Å². The zero-order valence-electron chi connectivity index (χ0n) is 13.7. The molecule has 5 heteroatoms. The lowest BCUT2D eigenvalue weighted by atomic mass is 10.1. The average molecular weight is 350 g/mol. The molecule has 0 N–H and O–H groups in total. The van der Waals surface area contributed by atoms with Crippen molar-refractivity contribution in [3.05, 3.63) is 65.0 Å². The van der Waals surface area contributed by atoms with Crippen molar-refractivity contribution in [2.45, 2.75) is 12.8 Å². The van der Waals surface area contributed by atoms with E-state index in [-0.39, 0.29) is 12.5 Å². The van der Waals surface area contributed by atoms with E-state index >= 15 is 0 Å². The maximum Gasteiger partial charge on any atom is 0.265 e. The number of hydrogen-bond acceptors (Lipinski definition) is 4. The number of thiazole rings is 1. The molecule has 126 valence electrons. The van der Waals surface area contributed by atoms with E-state index in [4.69, 9.17) is 4.74 Å². The fourth-order valence-electron chi connectivity index (χ4n) is 3.05. The zero-order valence-corrected chi connectivity index (χ0v) is 14.5. The van der Waals surface area contributed by atoms with Crippen LogP contribution in [0.4, 0.5) is 5.69 Å². The molecular weight excluding hydrogens is 332 g/mol. The molecule has 0 saturated carbocycles. The van der Waals surface area contributed by atoms with Crippen LogP contribution in [0.3, 0.4) is 0 Å². The Hall–Kier alpha value is -2.66. The number of carbonyl (C=O) groups excluding carboxylic acids is 1. The van der Waals surface area contributed by atoms with Crippen molar-refractivity contribution in [3.63, 3.8) is 0 Å². The standard InChI is InChI=1S/C20H18N2O2S/c23-20-12-24-19-9-8-16(17-13-25-14-21-17)11-18(19)22(20)10-4-7-15-5-2-1-3-6-15/h1-3,5-6,8-9,11,13-14H,4,7,10,12H2. The highest BCUT2D eigenvalue weighted by Gasteiger charge is 2.25. The lowest BCUT2D eigenvalue weighted by molar-refractivity contribution is -0.121. The highest BCUT2D eigenvalue weighted by molar-refractivity contribution is 7.07. The maximum absolute atomic E-state index is 12.4. The van der Waals surface area contributed by atoms with E-state index in [0.717, 1.165) is 35.5 Å². The highest BCUT2D eigenvalue weighted by Crippen LogP contribution is 2.36. The Bertz CT molecular complexity index is 863. The van der Waals surface area contributed by atoms with Crippen LogP contribution in [0.25, 0.3) is 11.3 Å². The third kappa shape index (κ3) is 3.42. The van der Waals surface area contributed by atoms with Crippen LogP contribution in [0.2, 0.25) is 0 Å². The molecule has 0 fully saturated rings. The number of nitrogens with zero attached hydrogens (tertiary/aromatic N) is 2. The molecule has 0 atom stereocenters. The van der Waals surface area contributed by atoms with E-state index in [9.17, 15) is 4.79 Å². The molecule has 4 rings (SSSR count). The van der Waals surface area contributed by atoms with E-state index in [1.54, 1.807) is 11.3 Å². The summed E-state index contributed by atoms with van der Waals surface area (Å²) < 4.78 is 5.59. The maximum atomic E-state index is 12.4. The first-order chi connectivity index (χ1) is 12.3. The summed E-state index contributed by atoms with van der Waals surface area (Å²) >= 11 is 1.56. The molecule has 1 aromatic heterocycles. The van der Waals surface area contributed by atoms with Gasteiger partial charge in [-0.15, -0.1) is 11.3 Å². The minimum Gasteiger partial charge on any atom is -0.482 e. The van der Waals surface area contributed by atoms with Crippen LogP contribution in [0.5, 0.6) is 5.75 Å². The first kappa shape index (κ1) is 15.8. The van der Waals surface area contributed by atoms with Gasteiger partial charge >= 0.3 is 0 Å². The van der Waals surface area contributed by atoms with Gasteiger partial charge in [0.1, 0.15) is 5.75 Å². The number of fused-ring (bicyclic) bond motifs is 1. The van der Waals surface area contributed by atoms with Gasteiger partial charge in [-0.2, -0.15) is 0 Å². The molecular formula is C20H18N2O2S. The Morgan fingerprint density at radius 2 is 2.04 bits per heavy atom. The normalized spacial score (nSPS) is 13.4. The van der Waals surface area contributed by atoms with Crippen molar-refractivity contribution < 1.29 is 9.53 Å². The molecule has 0 bridgehead atoms. The van der Waals surface area contributed by atoms with Gasteiger partial charge in [-0.3, -0.25) is 4.79 Å². The first-order valence-electron chi connectivity index (χ1n) is 8.31. The van der Waals surface area contributed by atoms with E-state index < -0.39 is 0 Å². The lowest BCUT2D eigenvalue weighted by Crippen LogP contribution is -2.39. The summed E-state index contributed by atoms with van der Waals surface area (Å²) in [5.41, 5.74) is 5.88. The minimum absolute atomic E-state index is 0.0102. The topological polar surface area (TPSA) is 42.4 Å². The average Bonchev–Trinajstić information content (AvgIpc) is 3.19. The van der Waals surface area contributed by atoms with Gasteiger partial charge in [0.05, 0.1) is 16.9 Å². The monoisotopic (exact) mass is 350 g/mol. The van der Waals surface area contributed by atoms with Crippen LogP contribution in [-0.4, -0.2) is 24.0 Å². The number of amides is 1. The Labute approximate surface area is 150 Å². The van der Waals surface area contributed by atoms with Crippen molar-refractivity contribution in [1.29, 1.82) is 0 Å². The molecule has 0 unspecified atom stereocenters. The van der Waals surface area contributed by atoms with E-state index in [1.807, 2.05) is 52.2 Å². The zero-order chi connectivity index (χ0) is 17.1. The summed E-state index contributed by atoms with van der Waals surface area (Å²) in [7, 11) is 0. The van der Waals surface area contributed by atoms with Gasteiger partial charge in [-0.1, -0.05) is 30.3 Å². The fraction of sp³-hybridized carbons (Fsp3) is 0.200. The molecule has 2 aromatic carbocycles. The Morgan fingerprint density at radius 3 is 2.84 bits per heavy atom. The van der Waals surface area contributed by atoms with Crippen LogP contribution in [0.15, 0.2) is 59.4 Å². The smallest absolute Gasteiger partial charge is 0.265 e. The Balaban J connectivity index is 1.54. The molecule has 4 nitrogen and oxygen atoms in total.